The summed E-state index contributed by atoms with van der Waals surface area (Å²) in [6.07, 6.45) is 1.42. The Labute approximate surface area is 170 Å². The molecule has 0 saturated carbocycles. The number of anilines is 1. The zero-order valence-electron chi connectivity index (χ0n) is 15.9. The van der Waals surface area contributed by atoms with Crippen LogP contribution in [0.5, 0.6) is 11.5 Å². The zero-order chi connectivity index (χ0) is 20.0. The quantitative estimate of drug-likeness (QED) is 0.520. The van der Waals surface area contributed by atoms with Crippen LogP contribution < -0.4 is 24.5 Å². The molecule has 0 saturated heterocycles. The van der Waals surface area contributed by atoms with Crippen LogP contribution in [0.2, 0.25) is 0 Å². The molecule has 8 heteroatoms. The number of para-hydroxylation sites is 2. The van der Waals surface area contributed by atoms with Gasteiger partial charge in [-0.1, -0.05) is 35.6 Å². The molecule has 4 aromatic rings. The van der Waals surface area contributed by atoms with Crippen molar-refractivity contribution in [3.8, 4) is 11.5 Å². The molecule has 0 radical (unpaired) electrons. The monoisotopic (exact) mass is 406 g/mol. The molecule has 0 aliphatic carbocycles. The first-order chi connectivity index (χ1) is 14.1. The van der Waals surface area contributed by atoms with Crippen molar-refractivity contribution in [1.29, 1.82) is 0 Å². The Balaban J connectivity index is 1.45. The molecule has 29 heavy (non-hydrogen) atoms. The standard InChI is InChI=1S/C21H18N4O3S/c1-24(2)14-9-7-13(8-10-14)11-18-20(26)25-21(29-18)22-19(23-25)17-12-27-15-5-3-4-6-16(15)28-17/h3-11,17H,12H2,1-2H3/b18-11-/t17-/m1/s1. The first-order valence-corrected chi connectivity index (χ1v) is 9.97. The molecular weight excluding hydrogens is 388 g/mol. The number of thiazole rings is 1. The lowest BCUT2D eigenvalue weighted by Gasteiger charge is -2.24. The maximum atomic E-state index is 12.8. The van der Waals surface area contributed by atoms with Crippen molar-refractivity contribution in [1.82, 2.24) is 14.6 Å². The fourth-order valence-electron chi connectivity index (χ4n) is 3.15. The molecule has 5 rings (SSSR count). The molecule has 3 heterocycles. The number of fused-ring (bicyclic) bond motifs is 2. The molecule has 2 aromatic carbocycles. The molecule has 1 aliphatic heterocycles. The number of nitrogens with zero attached hydrogens (tertiary/aromatic N) is 4. The Hall–Kier alpha value is -3.39. The summed E-state index contributed by atoms with van der Waals surface area (Å²) >= 11 is 1.31. The molecule has 0 unspecified atom stereocenters. The molecule has 1 atom stereocenters. The number of benzene rings is 2. The van der Waals surface area contributed by atoms with Crippen LogP contribution >= 0.6 is 11.3 Å². The maximum Gasteiger partial charge on any atom is 0.291 e. The van der Waals surface area contributed by atoms with Gasteiger partial charge in [0.05, 0.1) is 4.53 Å². The van der Waals surface area contributed by atoms with Crippen molar-refractivity contribution < 1.29 is 9.47 Å². The summed E-state index contributed by atoms with van der Waals surface area (Å²) in [7, 11) is 3.98. The molecule has 2 aromatic heterocycles. The summed E-state index contributed by atoms with van der Waals surface area (Å²) in [4.78, 5) is 19.8. The lowest BCUT2D eigenvalue weighted by molar-refractivity contribution is 0.0852. The van der Waals surface area contributed by atoms with Gasteiger partial charge in [0.25, 0.3) is 5.56 Å². The van der Waals surface area contributed by atoms with Crippen LogP contribution in [-0.2, 0) is 0 Å². The van der Waals surface area contributed by atoms with Gasteiger partial charge in [0.1, 0.15) is 6.61 Å². The van der Waals surface area contributed by atoms with Gasteiger partial charge in [-0.15, -0.1) is 5.10 Å². The summed E-state index contributed by atoms with van der Waals surface area (Å²) in [5.74, 6) is 1.80. The van der Waals surface area contributed by atoms with Gasteiger partial charge < -0.3 is 14.4 Å². The van der Waals surface area contributed by atoms with Gasteiger partial charge in [0, 0.05) is 19.8 Å². The molecule has 146 valence electrons. The van der Waals surface area contributed by atoms with E-state index in [2.05, 4.69) is 10.1 Å². The van der Waals surface area contributed by atoms with E-state index >= 15 is 0 Å². The van der Waals surface area contributed by atoms with Gasteiger partial charge in [-0.25, -0.2) is 0 Å². The van der Waals surface area contributed by atoms with Gasteiger partial charge in [0.15, 0.2) is 23.4 Å². The Kier molecular flexibility index (Phi) is 4.21. The molecule has 0 bridgehead atoms. The highest BCUT2D eigenvalue weighted by molar-refractivity contribution is 7.15. The third-order valence-corrected chi connectivity index (χ3v) is 5.66. The predicted octanol–water partition coefficient (Wildman–Crippen LogP) is 2.28. The van der Waals surface area contributed by atoms with Crippen molar-refractivity contribution >= 4 is 28.1 Å². The Morgan fingerprint density at radius 1 is 1.14 bits per heavy atom. The summed E-state index contributed by atoms with van der Waals surface area (Å²) in [5.41, 5.74) is 1.88. The molecule has 7 nitrogen and oxygen atoms in total. The smallest absolute Gasteiger partial charge is 0.291 e. The minimum atomic E-state index is -0.442. The Bertz CT molecular complexity index is 1290. The lowest BCUT2D eigenvalue weighted by atomic mass is 10.2. The second kappa shape index (κ2) is 6.89. The minimum absolute atomic E-state index is 0.183. The number of hydrogen-bond acceptors (Lipinski definition) is 7. The van der Waals surface area contributed by atoms with Gasteiger partial charge in [-0.05, 0) is 35.9 Å². The molecule has 0 amide bonds. The first-order valence-electron chi connectivity index (χ1n) is 9.15. The maximum absolute atomic E-state index is 12.8. The molecule has 0 fully saturated rings. The highest BCUT2D eigenvalue weighted by atomic mass is 32.1. The van der Waals surface area contributed by atoms with Gasteiger partial charge >= 0.3 is 0 Å². The average molecular weight is 406 g/mol. The van der Waals surface area contributed by atoms with Gasteiger partial charge in [-0.2, -0.15) is 9.50 Å². The summed E-state index contributed by atoms with van der Waals surface area (Å²) in [5, 5.41) is 4.38. The minimum Gasteiger partial charge on any atom is -0.485 e. The second-order valence-corrected chi connectivity index (χ2v) is 7.94. The largest absolute Gasteiger partial charge is 0.485 e. The molecular formula is C21H18N4O3S. The van der Waals surface area contributed by atoms with E-state index in [0.29, 0.717) is 33.4 Å². The van der Waals surface area contributed by atoms with Crippen LogP contribution in [0.4, 0.5) is 5.69 Å². The van der Waals surface area contributed by atoms with E-state index in [1.54, 1.807) is 0 Å². The van der Waals surface area contributed by atoms with E-state index < -0.39 is 6.10 Å². The van der Waals surface area contributed by atoms with E-state index in [0.717, 1.165) is 11.3 Å². The molecule has 0 spiro atoms. The van der Waals surface area contributed by atoms with E-state index in [1.807, 2.05) is 73.6 Å². The summed E-state index contributed by atoms with van der Waals surface area (Å²) in [6, 6.07) is 15.5. The van der Waals surface area contributed by atoms with Crippen molar-refractivity contribution in [2.24, 2.45) is 0 Å². The highest BCUT2D eigenvalue weighted by Crippen LogP contribution is 2.35. The SMILES string of the molecule is CN(C)c1ccc(/C=c2\sc3nc([C@H]4COc5ccccc5O4)nn3c2=O)cc1. The predicted molar refractivity (Wildman–Crippen MR) is 112 cm³/mol. The fourth-order valence-corrected chi connectivity index (χ4v) is 4.07. The number of rotatable bonds is 3. The van der Waals surface area contributed by atoms with Crippen molar-refractivity contribution in [2.75, 3.05) is 25.6 Å². The number of hydrogen-bond donors (Lipinski definition) is 0. The third-order valence-electron chi connectivity index (χ3n) is 4.70. The van der Waals surface area contributed by atoms with E-state index in [4.69, 9.17) is 9.47 Å². The van der Waals surface area contributed by atoms with E-state index in [9.17, 15) is 4.79 Å². The molecule has 0 N–H and O–H groups in total. The number of ether oxygens (including phenoxy) is 2. The zero-order valence-corrected chi connectivity index (χ0v) is 16.7. The highest BCUT2D eigenvalue weighted by Gasteiger charge is 2.27. The van der Waals surface area contributed by atoms with Crippen molar-refractivity contribution in [2.45, 2.75) is 6.10 Å². The normalized spacial score (nSPS) is 16.3. The Morgan fingerprint density at radius 3 is 2.62 bits per heavy atom. The fraction of sp³-hybridized carbons (Fsp3) is 0.190. The van der Waals surface area contributed by atoms with Crippen molar-refractivity contribution in [3.05, 3.63) is 74.8 Å². The van der Waals surface area contributed by atoms with Crippen LogP contribution in [0, 0.1) is 0 Å². The third kappa shape index (κ3) is 3.21. The first kappa shape index (κ1) is 17.7. The van der Waals surface area contributed by atoms with Gasteiger partial charge in [0.2, 0.25) is 4.96 Å². The van der Waals surface area contributed by atoms with Crippen LogP contribution in [0.25, 0.3) is 11.0 Å². The average Bonchev–Trinajstić information content (AvgIpc) is 3.28. The number of aromatic nitrogens is 3. The van der Waals surface area contributed by atoms with Crippen LogP contribution in [0.3, 0.4) is 0 Å². The lowest BCUT2D eigenvalue weighted by Crippen LogP contribution is -2.26. The van der Waals surface area contributed by atoms with Crippen LogP contribution in [-0.4, -0.2) is 35.3 Å². The second-order valence-electron chi connectivity index (χ2n) is 6.93. The summed E-state index contributed by atoms with van der Waals surface area (Å²) < 4.78 is 13.6. The van der Waals surface area contributed by atoms with Crippen LogP contribution in [0.15, 0.2) is 53.3 Å². The molecule has 1 aliphatic rings. The van der Waals surface area contributed by atoms with Gasteiger partial charge in [-0.3, -0.25) is 4.79 Å². The summed E-state index contributed by atoms with van der Waals surface area (Å²) in [6.45, 7) is 0.306. The van der Waals surface area contributed by atoms with Crippen LogP contribution in [0.1, 0.15) is 17.5 Å². The van der Waals surface area contributed by atoms with Crippen molar-refractivity contribution in [3.63, 3.8) is 0 Å². The van der Waals surface area contributed by atoms with E-state index in [-0.39, 0.29) is 5.56 Å². The topological polar surface area (TPSA) is 69.0 Å². The Morgan fingerprint density at radius 2 is 1.90 bits per heavy atom. The van der Waals surface area contributed by atoms with E-state index in [1.165, 1.54) is 15.9 Å².